The monoisotopic (exact) mass is 226 g/mol. The van der Waals surface area contributed by atoms with Crippen LogP contribution in [0.1, 0.15) is 11.1 Å². The average molecular weight is 226 g/mol. The zero-order valence-electron chi connectivity index (χ0n) is 9.21. The molecule has 0 radical (unpaired) electrons. The van der Waals surface area contributed by atoms with Gasteiger partial charge in [0, 0.05) is 6.07 Å². The van der Waals surface area contributed by atoms with Crippen LogP contribution in [0.2, 0.25) is 0 Å². The molecule has 5 heteroatoms. The fourth-order valence-corrected chi connectivity index (χ4v) is 1.28. The Morgan fingerprint density at radius 3 is 2.71 bits per heavy atom. The van der Waals surface area contributed by atoms with Gasteiger partial charge in [0.2, 0.25) is 5.88 Å². The van der Waals surface area contributed by atoms with Gasteiger partial charge in [-0.15, -0.1) is 10.2 Å². The first-order chi connectivity index (χ1) is 8.19. The highest BCUT2D eigenvalue weighted by Gasteiger charge is 2.04. The molecule has 17 heavy (non-hydrogen) atoms. The highest BCUT2D eigenvalue weighted by molar-refractivity contribution is 5.43. The average Bonchev–Trinajstić information content (AvgIpc) is 2.35. The Bertz CT molecular complexity index is 572. The van der Waals surface area contributed by atoms with E-state index in [1.54, 1.807) is 24.3 Å². The molecule has 0 saturated heterocycles. The van der Waals surface area contributed by atoms with E-state index < -0.39 is 0 Å². The van der Waals surface area contributed by atoms with Crippen molar-refractivity contribution in [3.05, 3.63) is 41.5 Å². The van der Waals surface area contributed by atoms with Crippen LogP contribution in [0.5, 0.6) is 11.6 Å². The molecule has 84 valence electrons. The van der Waals surface area contributed by atoms with Crippen molar-refractivity contribution in [2.24, 2.45) is 0 Å². The first kappa shape index (κ1) is 10.9. The highest BCUT2D eigenvalue weighted by atomic mass is 16.5. The molecule has 2 N–H and O–H groups in total. The van der Waals surface area contributed by atoms with Gasteiger partial charge in [0.05, 0.1) is 11.6 Å². The van der Waals surface area contributed by atoms with Crippen molar-refractivity contribution in [3.8, 4) is 17.7 Å². The zero-order chi connectivity index (χ0) is 12.3. The second kappa shape index (κ2) is 4.49. The van der Waals surface area contributed by atoms with E-state index in [1.165, 1.54) is 0 Å². The Hall–Kier alpha value is -2.61. The predicted molar refractivity (Wildman–Crippen MR) is 62.4 cm³/mol. The van der Waals surface area contributed by atoms with Crippen molar-refractivity contribution in [1.82, 2.24) is 10.2 Å². The van der Waals surface area contributed by atoms with E-state index >= 15 is 0 Å². The van der Waals surface area contributed by atoms with E-state index in [0.29, 0.717) is 23.0 Å². The largest absolute Gasteiger partial charge is 0.437 e. The third-order valence-corrected chi connectivity index (χ3v) is 2.19. The summed E-state index contributed by atoms with van der Waals surface area (Å²) < 4.78 is 5.53. The van der Waals surface area contributed by atoms with Crippen molar-refractivity contribution < 1.29 is 4.74 Å². The maximum atomic E-state index is 8.81. The number of anilines is 1. The summed E-state index contributed by atoms with van der Waals surface area (Å²) >= 11 is 0. The van der Waals surface area contributed by atoms with E-state index in [-0.39, 0.29) is 0 Å². The molecule has 0 amide bonds. The van der Waals surface area contributed by atoms with Crippen LogP contribution >= 0.6 is 0 Å². The van der Waals surface area contributed by atoms with Crippen molar-refractivity contribution >= 4 is 5.82 Å². The van der Waals surface area contributed by atoms with Gasteiger partial charge in [-0.1, -0.05) is 6.07 Å². The minimum absolute atomic E-state index is 0.333. The molecular weight excluding hydrogens is 216 g/mol. The summed E-state index contributed by atoms with van der Waals surface area (Å²) in [5.41, 5.74) is 6.88. The van der Waals surface area contributed by atoms with Crippen LogP contribution in [0.4, 0.5) is 5.82 Å². The number of nitrogens with two attached hydrogens (primary N) is 1. The molecule has 0 aliphatic heterocycles. The van der Waals surface area contributed by atoms with Gasteiger partial charge in [-0.05, 0) is 30.7 Å². The van der Waals surface area contributed by atoms with Crippen LogP contribution in [-0.4, -0.2) is 10.2 Å². The van der Waals surface area contributed by atoms with Crippen molar-refractivity contribution in [3.63, 3.8) is 0 Å². The summed E-state index contributed by atoms with van der Waals surface area (Å²) in [4.78, 5) is 0. The summed E-state index contributed by atoms with van der Waals surface area (Å²) in [6, 6.07) is 10.5. The van der Waals surface area contributed by atoms with Crippen molar-refractivity contribution in [2.75, 3.05) is 5.73 Å². The Morgan fingerprint density at radius 1 is 1.24 bits per heavy atom. The Kier molecular flexibility index (Phi) is 2.88. The molecule has 0 spiro atoms. The molecule has 2 aromatic rings. The van der Waals surface area contributed by atoms with E-state index in [1.807, 2.05) is 13.0 Å². The molecule has 0 saturated carbocycles. The molecule has 1 heterocycles. The number of hydrogen-bond acceptors (Lipinski definition) is 5. The molecule has 1 aromatic carbocycles. The molecule has 0 bridgehead atoms. The summed E-state index contributed by atoms with van der Waals surface area (Å²) in [6.07, 6.45) is 0. The molecule has 2 rings (SSSR count). The molecule has 0 aliphatic rings. The number of nitriles is 1. The van der Waals surface area contributed by atoms with E-state index in [0.717, 1.165) is 5.56 Å². The second-order valence-electron chi connectivity index (χ2n) is 3.49. The molecule has 0 unspecified atom stereocenters. The minimum Gasteiger partial charge on any atom is -0.437 e. The number of benzene rings is 1. The minimum atomic E-state index is 0.333. The highest BCUT2D eigenvalue weighted by Crippen LogP contribution is 2.24. The maximum Gasteiger partial charge on any atom is 0.239 e. The molecule has 0 atom stereocenters. The van der Waals surface area contributed by atoms with Crippen LogP contribution in [0.15, 0.2) is 30.3 Å². The lowest BCUT2D eigenvalue weighted by Gasteiger charge is -2.07. The van der Waals surface area contributed by atoms with Gasteiger partial charge < -0.3 is 10.5 Å². The number of ether oxygens (including phenoxy) is 1. The lowest BCUT2D eigenvalue weighted by molar-refractivity contribution is 0.452. The quantitative estimate of drug-likeness (QED) is 0.846. The van der Waals surface area contributed by atoms with Crippen LogP contribution in [0, 0.1) is 18.3 Å². The van der Waals surface area contributed by atoms with Gasteiger partial charge in [-0.2, -0.15) is 5.26 Å². The van der Waals surface area contributed by atoms with Gasteiger partial charge >= 0.3 is 0 Å². The van der Waals surface area contributed by atoms with Gasteiger partial charge in [-0.25, -0.2) is 0 Å². The summed E-state index contributed by atoms with van der Waals surface area (Å²) in [6.45, 7) is 1.89. The van der Waals surface area contributed by atoms with Gasteiger partial charge in [0.15, 0.2) is 0 Å². The van der Waals surface area contributed by atoms with Crippen LogP contribution in [0.3, 0.4) is 0 Å². The Labute approximate surface area is 98.5 Å². The molecular formula is C12H10N4O. The molecule has 1 aromatic heterocycles. The first-order valence-electron chi connectivity index (χ1n) is 4.97. The third kappa shape index (κ3) is 2.49. The number of nitrogen functional groups attached to an aromatic ring is 1. The molecule has 0 fully saturated rings. The molecule has 5 nitrogen and oxygen atoms in total. The smallest absolute Gasteiger partial charge is 0.239 e. The summed E-state index contributed by atoms with van der Waals surface area (Å²) in [7, 11) is 0. The van der Waals surface area contributed by atoms with Crippen LogP contribution in [-0.2, 0) is 0 Å². The Balaban J connectivity index is 2.29. The van der Waals surface area contributed by atoms with Crippen LogP contribution < -0.4 is 10.5 Å². The standard InChI is InChI=1S/C12H10N4O/c1-8-2-3-9(7-13)6-10(8)17-12-5-4-11(14)15-16-12/h2-6H,1H3,(H2,14,15). The number of aromatic nitrogens is 2. The van der Waals surface area contributed by atoms with Gasteiger partial charge in [0.1, 0.15) is 11.6 Å². The lowest BCUT2D eigenvalue weighted by Crippen LogP contribution is -1.96. The lowest BCUT2D eigenvalue weighted by atomic mass is 10.1. The van der Waals surface area contributed by atoms with E-state index in [9.17, 15) is 0 Å². The zero-order valence-corrected chi connectivity index (χ0v) is 9.21. The van der Waals surface area contributed by atoms with Crippen molar-refractivity contribution in [2.45, 2.75) is 6.92 Å². The van der Waals surface area contributed by atoms with Gasteiger partial charge in [0.25, 0.3) is 0 Å². The Morgan fingerprint density at radius 2 is 2.06 bits per heavy atom. The topological polar surface area (TPSA) is 84.8 Å². The van der Waals surface area contributed by atoms with Crippen LogP contribution in [0.25, 0.3) is 0 Å². The molecule has 0 aliphatic carbocycles. The summed E-state index contributed by atoms with van der Waals surface area (Å²) in [5.74, 6) is 1.26. The fourth-order valence-electron chi connectivity index (χ4n) is 1.28. The number of rotatable bonds is 2. The third-order valence-electron chi connectivity index (χ3n) is 2.19. The van der Waals surface area contributed by atoms with Gasteiger partial charge in [-0.3, -0.25) is 0 Å². The maximum absolute atomic E-state index is 8.81. The van der Waals surface area contributed by atoms with Crippen molar-refractivity contribution in [1.29, 1.82) is 5.26 Å². The SMILES string of the molecule is Cc1ccc(C#N)cc1Oc1ccc(N)nn1. The second-order valence-corrected chi connectivity index (χ2v) is 3.49. The summed E-state index contributed by atoms with van der Waals surface area (Å²) in [5, 5.41) is 16.3. The normalized spacial score (nSPS) is 9.65. The first-order valence-corrected chi connectivity index (χ1v) is 4.97. The fraction of sp³-hybridized carbons (Fsp3) is 0.0833. The van der Waals surface area contributed by atoms with E-state index in [4.69, 9.17) is 15.7 Å². The number of hydrogen-bond donors (Lipinski definition) is 1. The predicted octanol–water partition coefficient (Wildman–Crippen LogP) is 2.03. The number of aryl methyl sites for hydroxylation is 1. The number of nitrogens with zero attached hydrogens (tertiary/aromatic N) is 3. The van der Waals surface area contributed by atoms with E-state index in [2.05, 4.69) is 16.3 Å².